The molecule has 0 aromatic heterocycles. The molecule has 25 heavy (non-hydrogen) atoms. The number of urea groups is 1. The van der Waals surface area contributed by atoms with E-state index >= 15 is 0 Å². The van der Waals surface area contributed by atoms with Gasteiger partial charge in [0.1, 0.15) is 0 Å². The van der Waals surface area contributed by atoms with Crippen molar-refractivity contribution >= 4 is 41.3 Å². The van der Waals surface area contributed by atoms with Crippen LogP contribution in [0.15, 0.2) is 29.2 Å². The van der Waals surface area contributed by atoms with Gasteiger partial charge < -0.3 is 10.1 Å². The van der Waals surface area contributed by atoms with Crippen LogP contribution in [0.25, 0.3) is 0 Å². The van der Waals surface area contributed by atoms with Gasteiger partial charge in [0, 0.05) is 21.9 Å². The smallest absolute Gasteiger partial charge is 0.321 e. The molecule has 0 saturated heterocycles. The number of hydrogen-bond acceptors (Lipinski definition) is 5. The molecule has 8 heteroatoms. The fraction of sp³-hybridized carbons (Fsp3) is 0.471. The first-order valence-electron chi connectivity index (χ1n) is 7.82. The number of hydrogen-bond donors (Lipinski definition) is 2. The van der Waals surface area contributed by atoms with Crippen LogP contribution < -0.4 is 10.6 Å². The van der Waals surface area contributed by atoms with Crippen molar-refractivity contribution in [3.05, 3.63) is 29.3 Å². The van der Waals surface area contributed by atoms with E-state index in [0.717, 1.165) is 10.6 Å². The molecule has 0 atom stereocenters. The van der Waals surface area contributed by atoms with E-state index in [0.29, 0.717) is 11.4 Å². The zero-order valence-corrected chi connectivity index (χ0v) is 16.1. The Morgan fingerprint density at radius 1 is 1.16 bits per heavy atom. The number of rotatable bonds is 7. The number of nitrogens with one attached hydrogen (secondary N) is 2. The second-order valence-corrected chi connectivity index (χ2v) is 7.92. The van der Waals surface area contributed by atoms with Crippen molar-refractivity contribution in [3.8, 4) is 0 Å². The fourth-order valence-electron chi connectivity index (χ4n) is 1.69. The van der Waals surface area contributed by atoms with E-state index < -0.39 is 30.1 Å². The third kappa shape index (κ3) is 10.7. The van der Waals surface area contributed by atoms with Crippen LogP contribution in [0.3, 0.4) is 0 Å². The van der Waals surface area contributed by atoms with Crippen molar-refractivity contribution in [1.82, 2.24) is 10.6 Å². The number of halogens is 1. The molecule has 0 heterocycles. The lowest BCUT2D eigenvalue weighted by atomic mass is 10.1. The van der Waals surface area contributed by atoms with Crippen LogP contribution in [0.1, 0.15) is 33.6 Å². The average molecular weight is 387 g/mol. The lowest BCUT2D eigenvalue weighted by Gasteiger charge is -2.20. The number of thioether (sulfide) groups is 1. The Morgan fingerprint density at radius 2 is 1.80 bits per heavy atom. The van der Waals surface area contributed by atoms with Gasteiger partial charge in [-0.15, -0.1) is 11.8 Å². The average Bonchev–Trinajstić information content (AvgIpc) is 2.49. The first-order chi connectivity index (χ1) is 11.7. The van der Waals surface area contributed by atoms with Gasteiger partial charge in [0.25, 0.3) is 5.91 Å². The summed E-state index contributed by atoms with van der Waals surface area (Å²) in [6.07, 6.45) is 0.834. The van der Waals surface area contributed by atoms with Gasteiger partial charge in [-0.3, -0.25) is 14.9 Å². The summed E-state index contributed by atoms with van der Waals surface area (Å²) < 4.78 is 4.85. The molecule has 3 amide bonds. The van der Waals surface area contributed by atoms with Gasteiger partial charge in [0.2, 0.25) is 0 Å². The molecule has 2 N–H and O–H groups in total. The van der Waals surface area contributed by atoms with E-state index in [9.17, 15) is 14.4 Å². The predicted molar refractivity (Wildman–Crippen MR) is 98.8 cm³/mol. The molecule has 0 bridgehead atoms. The van der Waals surface area contributed by atoms with Crippen LogP contribution in [0.5, 0.6) is 0 Å². The SMILES string of the molecule is CC(C)(C)NC(=O)NC(=O)COC(=O)CCCSc1ccc(Cl)cc1. The van der Waals surface area contributed by atoms with E-state index in [1.165, 1.54) is 0 Å². The maximum atomic E-state index is 11.6. The molecule has 1 aromatic rings. The number of carbonyl (C=O) groups is 3. The van der Waals surface area contributed by atoms with Crippen LogP contribution in [0.2, 0.25) is 5.02 Å². The molecule has 0 fully saturated rings. The molecule has 6 nitrogen and oxygen atoms in total. The highest BCUT2D eigenvalue weighted by molar-refractivity contribution is 7.99. The summed E-state index contributed by atoms with van der Waals surface area (Å²) in [5.41, 5.74) is -0.456. The predicted octanol–water partition coefficient (Wildman–Crippen LogP) is 3.38. The Kier molecular flexibility index (Phi) is 8.78. The number of esters is 1. The van der Waals surface area contributed by atoms with Crippen molar-refractivity contribution in [1.29, 1.82) is 0 Å². The number of imide groups is 1. The molecular formula is C17H23ClN2O4S. The third-order valence-corrected chi connectivity index (χ3v) is 4.06. The molecule has 0 aliphatic heterocycles. The molecule has 0 radical (unpaired) electrons. The van der Waals surface area contributed by atoms with Crippen molar-refractivity contribution in [2.75, 3.05) is 12.4 Å². The number of benzene rings is 1. The highest BCUT2D eigenvalue weighted by Gasteiger charge is 2.16. The van der Waals surface area contributed by atoms with Crippen molar-refractivity contribution in [3.63, 3.8) is 0 Å². The molecule has 1 rings (SSSR count). The standard InChI is InChI=1S/C17H23ClN2O4S/c1-17(2,3)20-16(23)19-14(21)11-24-15(22)5-4-10-25-13-8-6-12(18)7-9-13/h6-9H,4-5,10-11H2,1-3H3,(H2,19,20,21,23). The third-order valence-electron chi connectivity index (χ3n) is 2.71. The van der Waals surface area contributed by atoms with E-state index in [4.69, 9.17) is 16.3 Å². The van der Waals surface area contributed by atoms with Gasteiger partial charge in [0.05, 0.1) is 0 Å². The second kappa shape index (κ2) is 10.3. The monoisotopic (exact) mass is 386 g/mol. The van der Waals surface area contributed by atoms with Crippen LogP contribution in [-0.4, -0.2) is 35.8 Å². The summed E-state index contributed by atoms with van der Waals surface area (Å²) in [7, 11) is 0. The Balaban J connectivity index is 2.14. The van der Waals surface area contributed by atoms with Gasteiger partial charge >= 0.3 is 12.0 Å². The van der Waals surface area contributed by atoms with E-state index in [1.807, 2.05) is 24.3 Å². The van der Waals surface area contributed by atoms with Crippen molar-refractivity contribution in [2.45, 2.75) is 44.0 Å². The minimum absolute atomic E-state index is 0.210. The van der Waals surface area contributed by atoms with Gasteiger partial charge in [-0.2, -0.15) is 0 Å². The number of ether oxygens (including phenoxy) is 1. The van der Waals surface area contributed by atoms with Gasteiger partial charge in [-0.25, -0.2) is 4.79 Å². The minimum atomic E-state index is -0.661. The molecule has 0 aliphatic carbocycles. The topological polar surface area (TPSA) is 84.5 Å². The lowest BCUT2D eigenvalue weighted by molar-refractivity contribution is -0.148. The lowest BCUT2D eigenvalue weighted by Crippen LogP contribution is -2.49. The summed E-state index contributed by atoms with van der Waals surface area (Å²) >= 11 is 7.42. The first kappa shape index (κ1) is 21.3. The molecule has 1 aromatic carbocycles. The van der Waals surface area contributed by atoms with Crippen molar-refractivity contribution < 1.29 is 19.1 Å². The van der Waals surface area contributed by atoms with Gasteiger partial charge in [0.15, 0.2) is 6.61 Å². The van der Waals surface area contributed by atoms with Gasteiger partial charge in [-0.05, 0) is 57.2 Å². The molecule has 0 unspecified atom stereocenters. The quantitative estimate of drug-likeness (QED) is 0.426. The molecule has 138 valence electrons. The zero-order valence-electron chi connectivity index (χ0n) is 14.6. The summed E-state index contributed by atoms with van der Waals surface area (Å²) in [5.74, 6) is -0.384. The maximum absolute atomic E-state index is 11.6. The highest BCUT2D eigenvalue weighted by atomic mass is 35.5. The molecule has 0 aliphatic rings. The van der Waals surface area contributed by atoms with E-state index in [2.05, 4.69) is 10.6 Å². The van der Waals surface area contributed by atoms with Crippen LogP contribution in [-0.2, 0) is 14.3 Å². The van der Waals surface area contributed by atoms with Crippen LogP contribution in [0.4, 0.5) is 4.79 Å². The summed E-state index contributed by atoms with van der Waals surface area (Å²) in [6, 6.07) is 6.84. The Morgan fingerprint density at radius 3 is 2.40 bits per heavy atom. The van der Waals surface area contributed by atoms with E-state index in [1.54, 1.807) is 32.5 Å². The second-order valence-electron chi connectivity index (χ2n) is 6.32. The molecule has 0 spiro atoms. The van der Waals surface area contributed by atoms with E-state index in [-0.39, 0.29) is 6.42 Å². The Hall–Kier alpha value is -1.73. The van der Waals surface area contributed by atoms with Gasteiger partial charge in [-0.1, -0.05) is 11.6 Å². The van der Waals surface area contributed by atoms with Crippen LogP contribution >= 0.6 is 23.4 Å². The van der Waals surface area contributed by atoms with Crippen molar-refractivity contribution in [2.24, 2.45) is 0 Å². The Labute approximate surface area is 157 Å². The normalized spacial score (nSPS) is 10.9. The fourth-order valence-corrected chi connectivity index (χ4v) is 2.67. The summed E-state index contributed by atoms with van der Waals surface area (Å²) in [5, 5.41) is 5.36. The summed E-state index contributed by atoms with van der Waals surface area (Å²) in [4.78, 5) is 35.7. The minimum Gasteiger partial charge on any atom is -0.456 e. The molecular weight excluding hydrogens is 364 g/mol. The maximum Gasteiger partial charge on any atom is 0.321 e. The van der Waals surface area contributed by atoms with Crippen LogP contribution in [0, 0.1) is 0 Å². The number of amides is 3. The first-order valence-corrected chi connectivity index (χ1v) is 9.18. The Bertz CT molecular complexity index is 600. The molecule has 0 saturated carbocycles. The number of carbonyl (C=O) groups excluding carboxylic acids is 3. The highest BCUT2D eigenvalue weighted by Crippen LogP contribution is 2.21. The summed E-state index contributed by atoms with van der Waals surface area (Å²) in [6.45, 7) is 4.90. The largest absolute Gasteiger partial charge is 0.456 e. The zero-order chi connectivity index (χ0) is 18.9.